The summed E-state index contributed by atoms with van der Waals surface area (Å²) in [4.78, 5) is 11.2. The molecule has 5 nitrogen and oxygen atoms in total. The van der Waals surface area contributed by atoms with Gasteiger partial charge in [-0.15, -0.1) is 0 Å². The van der Waals surface area contributed by atoms with Crippen LogP contribution in [-0.4, -0.2) is 24.7 Å². The molecule has 0 saturated carbocycles. The standard InChI is InChI=1S/C18H21NO4S/c1-13(2)24(22,23)19-16-8-5-6-14(12-16)10-11-15-7-3-4-9-17(15)18(20)21/h3-9,12-13,19H,10-11H2,1-2H3,(H,20,21). The number of hydrogen-bond donors (Lipinski definition) is 2. The molecular formula is C18H21NO4S. The van der Waals surface area contributed by atoms with Crippen molar-refractivity contribution in [3.05, 3.63) is 65.2 Å². The average Bonchev–Trinajstić information content (AvgIpc) is 2.53. The van der Waals surface area contributed by atoms with Crippen LogP contribution in [0.4, 0.5) is 5.69 Å². The van der Waals surface area contributed by atoms with Crippen LogP contribution >= 0.6 is 0 Å². The van der Waals surface area contributed by atoms with Crippen molar-refractivity contribution in [1.82, 2.24) is 0 Å². The Balaban J connectivity index is 2.12. The Labute approximate surface area is 142 Å². The van der Waals surface area contributed by atoms with E-state index in [1.165, 1.54) is 0 Å². The van der Waals surface area contributed by atoms with E-state index in [0.29, 0.717) is 24.1 Å². The number of aromatic carboxylic acids is 1. The second kappa shape index (κ2) is 7.49. The molecule has 0 heterocycles. The number of aryl methyl sites for hydroxylation is 2. The summed E-state index contributed by atoms with van der Waals surface area (Å²) >= 11 is 0. The van der Waals surface area contributed by atoms with Crippen LogP contribution in [0.5, 0.6) is 0 Å². The van der Waals surface area contributed by atoms with Gasteiger partial charge in [0.2, 0.25) is 10.0 Å². The molecule has 24 heavy (non-hydrogen) atoms. The summed E-state index contributed by atoms with van der Waals surface area (Å²) in [6, 6.07) is 14.1. The lowest BCUT2D eigenvalue weighted by molar-refractivity contribution is 0.0695. The average molecular weight is 347 g/mol. The highest BCUT2D eigenvalue weighted by Crippen LogP contribution is 2.17. The quantitative estimate of drug-likeness (QED) is 0.805. The Morgan fingerprint density at radius 2 is 1.79 bits per heavy atom. The van der Waals surface area contributed by atoms with Gasteiger partial charge in [0.15, 0.2) is 0 Å². The van der Waals surface area contributed by atoms with Crippen molar-refractivity contribution < 1.29 is 18.3 Å². The molecule has 128 valence electrons. The monoisotopic (exact) mass is 347 g/mol. The third-order valence-corrected chi connectivity index (χ3v) is 5.50. The number of anilines is 1. The van der Waals surface area contributed by atoms with Crippen LogP contribution < -0.4 is 4.72 Å². The molecule has 6 heteroatoms. The number of carboxylic acids is 1. The molecule has 0 atom stereocenters. The van der Waals surface area contributed by atoms with Gasteiger partial charge in [0, 0.05) is 5.69 Å². The van der Waals surface area contributed by atoms with Crippen molar-refractivity contribution in [3.8, 4) is 0 Å². The van der Waals surface area contributed by atoms with Crippen LogP contribution in [-0.2, 0) is 22.9 Å². The van der Waals surface area contributed by atoms with E-state index in [2.05, 4.69) is 4.72 Å². The number of hydrogen-bond acceptors (Lipinski definition) is 3. The first-order chi connectivity index (χ1) is 11.3. The van der Waals surface area contributed by atoms with Gasteiger partial charge in [-0.25, -0.2) is 13.2 Å². The predicted molar refractivity (Wildman–Crippen MR) is 94.9 cm³/mol. The number of benzene rings is 2. The van der Waals surface area contributed by atoms with Crippen molar-refractivity contribution in [3.63, 3.8) is 0 Å². The van der Waals surface area contributed by atoms with E-state index in [0.717, 1.165) is 11.1 Å². The molecule has 2 rings (SSSR count). The normalized spacial score (nSPS) is 11.5. The summed E-state index contributed by atoms with van der Waals surface area (Å²) in [7, 11) is -3.38. The van der Waals surface area contributed by atoms with Gasteiger partial charge >= 0.3 is 5.97 Å². The molecule has 0 unspecified atom stereocenters. The zero-order valence-corrected chi connectivity index (χ0v) is 14.5. The first kappa shape index (κ1) is 18.0. The number of nitrogens with one attached hydrogen (secondary N) is 1. The second-order valence-electron chi connectivity index (χ2n) is 5.86. The molecule has 2 N–H and O–H groups in total. The van der Waals surface area contributed by atoms with Crippen LogP contribution in [0.1, 0.15) is 35.3 Å². The Kier molecular flexibility index (Phi) is 5.62. The molecule has 0 saturated heterocycles. The van der Waals surface area contributed by atoms with Crippen molar-refractivity contribution in [2.45, 2.75) is 31.9 Å². The van der Waals surface area contributed by atoms with Crippen molar-refractivity contribution in [1.29, 1.82) is 0 Å². The van der Waals surface area contributed by atoms with Crippen LogP contribution in [0.3, 0.4) is 0 Å². The van der Waals surface area contributed by atoms with Crippen molar-refractivity contribution in [2.75, 3.05) is 4.72 Å². The molecule has 0 bridgehead atoms. The van der Waals surface area contributed by atoms with Gasteiger partial charge in [-0.1, -0.05) is 30.3 Å². The Morgan fingerprint density at radius 3 is 2.46 bits per heavy atom. The lowest BCUT2D eigenvalue weighted by Crippen LogP contribution is -2.22. The molecule has 0 aliphatic carbocycles. The van der Waals surface area contributed by atoms with Crippen molar-refractivity contribution >= 4 is 21.7 Å². The first-order valence-corrected chi connectivity index (χ1v) is 9.26. The number of rotatable bonds is 7. The van der Waals surface area contributed by atoms with Gasteiger partial charge in [0.25, 0.3) is 0 Å². The van der Waals surface area contributed by atoms with E-state index >= 15 is 0 Å². The molecule has 0 radical (unpaired) electrons. The lowest BCUT2D eigenvalue weighted by Gasteiger charge is -2.12. The van der Waals surface area contributed by atoms with E-state index in [4.69, 9.17) is 0 Å². The molecule has 2 aromatic carbocycles. The SMILES string of the molecule is CC(C)S(=O)(=O)Nc1cccc(CCc2ccccc2C(=O)O)c1. The maximum atomic E-state index is 11.9. The van der Waals surface area contributed by atoms with E-state index in [1.54, 1.807) is 50.2 Å². The highest BCUT2D eigenvalue weighted by molar-refractivity contribution is 7.93. The minimum atomic E-state index is -3.38. The summed E-state index contributed by atoms with van der Waals surface area (Å²) in [6.07, 6.45) is 1.20. The molecule has 0 aliphatic rings. The van der Waals surface area contributed by atoms with Gasteiger partial charge in [-0.05, 0) is 56.0 Å². The maximum absolute atomic E-state index is 11.9. The molecule has 0 aliphatic heterocycles. The molecule has 2 aromatic rings. The van der Waals surface area contributed by atoms with Crippen LogP contribution in [0.2, 0.25) is 0 Å². The van der Waals surface area contributed by atoms with Gasteiger partial charge in [0.1, 0.15) is 0 Å². The third kappa shape index (κ3) is 4.58. The third-order valence-electron chi connectivity index (χ3n) is 3.74. The minimum Gasteiger partial charge on any atom is -0.478 e. The summed E-state index contributed by atoms with van der Waals surface area (Å²) in [5, 5.41) is 8.70. The highest BCUT2D eigenvalue weighted by Gasteiger charge is 2.15. The Bertz CT molecular complexity index is 828. The molecule has 0 amide bonds. The smallest absolute Gasteiger partial charge is 0.335 e. The molecule has 0 fully saturated rings. The van der Waals surface area contributed by atoms with Gasteiger partial charge in [-0.3, -0.25) is 4.72 Å². The Hall–Kier alpha value is -2.34. The maximum Gasteiger partial charge on any atom is 0.335 e. The van der Waals surface area contributed by atoms with Gasteiger partial charge in [0.05, 0.1) is 10.8 Å². The number of sulfonamides is 1. The van der Waals surface area contributed by atoms with Gasteiger partial charge < -0.3 is 5.11 Å². The summed E-state index contributed by atoms with van der Waals surface area (Å²) in [5.41, 5.74) is 2.53. The fraction of sp³-hybridized carbons (Fsp3) is 0.278. The Morgan fingerprint density at radius 1 is 1.08 bits per heavy atom. The largest absolute Gasteiger partial charge is 0.478 e. The fourth-order valence-corrected chi connectivity index (χ4v) is 2.99. The van der Waals surface area contributed by atoms with E-state index < -0.39 is 21.2 Å². The summed E-state index contributed by atoms with van der Waals surface area (Å²) < 4.78 is 26.4. The second-order valence-corrected chi connectivity index (χ2v) is 8.10. The zero-order valence-electron chi connectivity index (χ0n) is 13.7. The number of carboxylic acid groups (broad SMARTS) is 1. The van der Waals surface area contributed by atoms with E-state index in [1.807, 2.05) is 12.1 Å². The van der Waals surface area contributed by atoms with E-state index in [9.17, 15) is 18.3 Å². The van der Waals surface area contributed by atoms with Crippen LogP contribution in [0.25, 0.3) is 0 Å². The fourth-order valence-electron chi connectivity index (χ4n) is 2.30. The van der Waals surface area contributed by atoms with Gasteiger partial charge in [-0.2, -0.15) is 0 Å². The zero-order chi connectivity index (χ0) is 17.7. The summed E-state index contributed by atoms with van der Waals surface area (Å²) in [5.74, 6) is -0.941. The topological polar surface area (TPSA) is 83.5 Å². The highest BCUT2D eigenvalue weighted by atomic mass is 32.2. The molecule has 0 spiro atoms. The minimum absolute atomic E-state index is 0.300. The van der Waals surface area contributed by atoms with Crippen LogP contribution in [0, 0.1) is 0 Å². The van der Waals surface area contributed by atoms with Crippen molar-refractivity contribution in [2.24, 2.45) is 0 Å². The van der Waals surface area contributed by atoms with E-state index in [-0.39, 0.29) is 0 Å². The molecule has 0 aromatic heterocycles. The summed E-state index contributed by atoms with van der Waals surface area (Å²) in [6.45, 7) is 3.24. The molecular weight excluding hydrogens is 326 g/mol. The number of carbonyl (C=O) groups is 1. The first-order valence-electron chi connectivity index (χ1n) is 7.71. The van der Waals surface area contributed by atoms with Crippen LogP contribution in [0.15, 0.2) is 48.5 Å². The lowest BCUT2D eigenvalue weighted by atomic mass is 10.00. The predicted octanol–water partition coefficient (Wildman–Crippen LogP) is 3.32.